The van der Waals surface area contributed by atoms with E-state index in [0.717, 1.165) is 17.7 Å². The summed E-state index contributed by atoms with van der Waals surface area (Å²) in [7, 11) is 0. The summed E-state index contributed by atoms with van der Waals surface area (Å²) in [5.41, 5.74) is 4.53. The van der Waals surface area contributed by atoms with Crippen molar-refractivity contribution in [2.75, 3.05) is 0 Å². The maximum absolute atomic E-state index is 6.20. The lowest BCUT2D eigenvalue weighted by molar-refractivity contribution is 0.0375. The molecule has 2 aromatic carbocycles. The Hall–Kier alpha value is -2.45. The highest BCUT2D eigenvalue weighted by atomic mass is 16.5. The molecule has 0 radical (unpaired) electrons. The molecule has 0 fully saturated rings. The smallest absolute Gasteiger partial charge is 0.0833 e. The summed E-state index contributed by atoms with van der Waals surface area (Å²) in [6, 6.07) is 24.7. The van der Waals surface area contributed by atoms with Gasteiger partial charge in [0.25, 0.3) is 0 Å². The van der Waals surface area contributed by atoms with Crippen LogP contribution in [0.15, 0.2) is 79.0 Å². The predicted molar refractivity (Wildman–Crippen MR) is 93.9 cm³/mol. The number of pyridine rings is 1. The summed E-state index contributed by atoms with van der Waals surface area (Å²) in [6.45, 7) is 2.78. The minimum Gasteiger partial charge on any atom is -0.369 e. The third-order valence-corrected chi connectivity index (χ3v) is 3.91. The first kappa shape index (κ1) is 15.4. The Morgan fingerprint density at radius 3 is 2.35 bits per heavy atom. The molecule has 2 nitrogen and oxygen atoms in total. The fourth-order valence-corrected chi connectivity index (χ4v) is 2.73. The van der Waals surface area contributed by atoms with Gasteiger partial charge in [0.15, 0.2) is 0 Å². The van der Waals surface area contributed by atoms with Gasteiger partial charge in [-0.15, -0.1) is 0 Å². The molecule has 0 saturated heterocycles. The van der Waals surface area contributed by atoms with Crippen molar-refractivity contribution < 1.29 is 4.74 Å². The van der Waals surface area contributed by atoms with E-state index in [0.29, 0.717) is 6.61 Å². The van der Waals surface area contributed by atoms with Gasteiger partial charge in [0.1, 0.15) is 0 Å². The van der Waals surface area contributed by atoms with Crippen molar-refractivity contribution in [3.63, 3.8) is 0 Å². The zero-order valence-corrected chi connectivity index (χ0v) is 13.4. The molecule has 23 heavy (non-hydrogen) atoms. The van der Waals surface area contributed by atoms with Crippen molar-refractivity contribution in [2.45, 2.75) is 26.1 Å². The molecule has 3 rings (SSSR count). The lowest BCUT2D eigenvalue weighted by Crippen LogP contribution is -2.05. The molecule has 0 saturated carbocycles. The van der Waals surface area contributed by atoms with Gasteiger partial charge in [-0.1, -0.05) is 67.6 Å². The van der Waals surface area contributed by atoms with Crippen LogP contribution in [-0.2, 0) is 11.3 Å². The van der Waals surface area contributed by atoms with Crippen LogP contribution in [0.5, 0.6) is 0 Å². The molecule has 0 aliphatic rings. The molecule has 1 aromatic heterocycles. The Morgan fingerprint density at radius 2 is 1.61 bits per heavy atom. The van der Waals surface area contributed by atoms with Crippen LogP contribution in [0.25, 0.3) is 11.3 Å². The van der Waals surface area contributed by atoms with E-state index in [9.17, 15) is 0 Å². The summed E-state index contributed by atoms with van der Waals surface area (Å²) in [5, 5.41) is 0. The Bertz CT molecular complexity index is 725. The summed E-state index contributed by atoms with van der Waals surface area (Å²) < 4.78 is 6.20. The maximum atomic E-state index is 6.20. The number of rotatable bonds is 6. The quantitative estimate of drug-likeness (QED) is 0.607. The Kier molecular flexibility index (Phi) is 5.17. The van der Waals surface area contributed by atoms with Gasteiger partial charge in [0, 0.05) is 11.8 Å². The minimum absolute atomic E-state index is 0.0633. The van der Waals surface area contributed by atoms with E-state index in [2.05, 4.69) is 48.3 Å². The third-order valence-electron chi connectivity index (χ3n) is 3.91. The van der Waals surface area contributed by atoms with Gasteiger partial charge in [-0.2, -0.15) is 0 Å². The van der Waals surface area contributed by atoms with E-state index in [1.807, 2.05) is 42.6 Å². The van der Waals surface area contributed by atoms with Crippen molar-refractivity contribution in [1.29, 1.82) is 0 Å². The summed E-state index contributed by atoms with van der Waals surface area (Å²) in [5.74, 6) is 0. The Labute approximate surface area is 137 Å². The van der Waals surface area contributed by atoms with Crippen LogP contribution in [0, 0.1) is 0 Å². The second-order valence-electron chi connectivity index (χ2n) is 5.50. The highest BCUT2D eigenvalue weighted by Crippen LogP contribution is 2.31. The number of benzene rings is 2. The molecule has 0 aliphatic heterocycles. The summed E-state index contributed by atoms with van der Waals surface area (Å²) in [6.07, 6.45) is 2.82. The van der Waals surface area contributed by atoms with Crippen molar-refractivity contribution in [3.8, 4) is 11.3 Å². The van der Waals surface area contributed by atoms with Gasteiger partial charge in [-0.25, -0.2) is 0 Å². The average Bonchev–Trinajstić information content (AvgIpc) is 2.64. The van der Waals surface area contributed by atoms with E-state index in [1.54, 1.807) is 0 Å². The molecule has 0 spiro atoms. The van der Waals surface area contributed by atoms with Gasteiger partial charge in [-0.3, -0.25) is 4.98 Å². The van der Waals surface area contributed by atoms with Crippen LogP contribution in [0.1, 0.15) is 30.6 Å². The van der Waals surface area contributed by atoms with Crippen LogP contribution < -0.4 is 0 Å². The van der Waals surface area contributed by atoms with Gasteiger partial charge in [-0.05, 0) is 29.7 Å². The second-order valence-corrected chi connectivity index (χ2v) is 5.50. The molecule has 1 heterocycles. The molecular formula is C21H21NO. The van der Waals surface area contributed by atoms with Gasteiger partial charge < -0.3 is 4.74 Å². The molecule has 0 bridgehead atoms. The van der Waals surface area contributed by atoms with Gasteiger partial charge in [0.05, 0.1) is 18.4 Å². The third kappa shape index (κ3) is 3.85. The van der Waals surface area contributed by atoms with Crippen molar-refractivity contribution >= 4 is 0 Å². The molecule has 0 amide bonds. The minimum atomic E-state index is 0.0633. The molecule has 1 atom stereocenters. The molecule has 2 heteroatoms. The zero-order chi connectivity index (χ0) is 15.9. The van der Waals surface area contributed by atoms with Crippen molar-refractivity contribution in [3.05, 3.63) is 90.1 Å². The van der Waals surface area contributed by atoms with E-state index in [1.165, 1.54) is 11.1 Å². The largest absolute Gasteiger partial charge is 0.369 e. The normalized spacial score (nSPS) is 12.0. The van der Waals surface area contributed by atoms with E-state index in [-0.39, 0.29) is 6.10 Å². The molecule has 3 aromatic rings. The number of ether oxygens (including phenoxy) is 1. The standard InChI is InChI=1S/C21H21NO/c1-2-21(23-16-17-10-4-3-5-11-17)19-13-7-6-12-18(19)20-14-8-9-15-22-20/h3-15,21H,2,16H2,1H3/t21-/m0/s1. The highest BCUT2D eigenvalue weighted by Gasteiger charge is 2.15. The number of hydrogen-bond donors (Lipinski definition) is 0. The lowest BCUT2D eigenvalue weighted by Gasteiger charge is -2.20. The lowest BCUT2D eigenvalue weighted by atomic mass is 9.98. The summed E-state index contributed by atoms with van der Waals surface area (Å²) >= 11 is 0. The topological polar surface area (TPSA) is 22.1 Å². The van der Waals surface area contributed by atoms with E-state index < -0.39 is 0 Å². The van der Waals surface area contributed by atoms with E-state index >= 15 is 0 Å². The Balaban J connectivity index is 1.84. The van der Waals surface area contributed by atoms with Gasteiger partial charge >= 0.3 is 0 Å². The van der Waals surface area contributed by atoms with Gasteiger partial charge in [0.2, 0.25) is 0 Å². The van der Waals surface area contributed by atoms with Crippen LogP contribution >= 0.6 is 0 Å². The predicted octanol–water partition coefficient (Wildman–Crippen LogP) is 5.42. The maximum Gasteiger partial charge on any atom is 0.0833 e. The van der Waals surface area contributed by atoms with Crippen molar-refractivity contribution in [1.82, 2.24) is 4.98 Å². The SMILES string of the molecule is CC[C@H](OCc1ccccc1)c1ccccc1-c1ccccn1. The Morgan fingerprint density at radius 1 is 0.870 bits per heavy atom. The first-order valence-electron chi connectivity index (χ1n) is 8.04. The van der Waals surface area contributed by atoms with Crippen LogP contribution in [0.3, 0.4) is 0 Å². The molecular weight excluding hydrogens is 282 g/mol. The van der Waals surface area contributed by atoms with Crippen LogP contribution in [0.2, 0.25) is 0 Å². The zero-order valence-electron chi connectivity index (χ0n) is 13.4. The highest BCUT2D eigenvalue weighted by molar-refractivity contribution is 5.64. The molecule has 0 N–H and O–H groups in total. The first-order valence-corrected chi connectivity index (χ1v) is 8.04. The monoisotopic (exact) mass is 303 g/mol. The first-order chi connectivity index (χ1) is 11.4. The summed E-state index contributed by atoms with van der Waals surface area (Å²) in [4.78, 5) is 4.49. The number of nitrogens with zero attached hydrogens (tertiary/aromatic N) is 1. The molecule has 116 valence electrons. The fourth-order valence-electron chi connectivity index (χ4n) is 2.73. The molecule has 0 unspecified atom stereocenters. The molecule has 0 aliphatic carbocycles. The van der Waals surface area contributed by atoms with Crippen LogP contribution in [0.4, 0.5) is 0 Å². The average molecular weight is 303 g/mol. The second kappa shape index (κ2) is 7.70. The number of hydrogen-bond acceptors (Lipinski definition) is 2. The fraction of sp³-hybridized carbons (Fsp3) is 0.190. The van der Waals surface area contributed by atoms with Crippen LogP contribution in [-0.4, -0.2) is 4.98 Å². The van der Waals surface area contributed by atoms with E-state index in [4.69, 9.17) is 4.74 Å². The van der Waals surface area contributed by atoms with Crippen molar-refractivity contribution in [2.24, 2.45) is 0 Å². The number of aromatic nitrogens is 1.